The van der Waals surface area contributed by atoms with Gasteiger partial charge in [0.1, 0.15) is 0 Å². The molecule has 2 aromatic rings. The highest BCUT2D eigenvalue weighted by Crippen LogP contribution is 2.24. The van der Waals surface area contributed by atoms with Crippen molar-refractivity contribution in [3.8, 4) is 11.4 Å². The lowest BCUT2D eigenvalue weighted by molar-refractivity contribution is -0.145. The minimum absolute atomic E-state index is 0.115. The number of hydrogen-bond donors (Lipinski definition) is 0. The van der Waals surface area contributed by atoms with Crippen molar-refractivity contribution in [2.75, 3.05) is 18.6 Å². The van der Waals surface area contributed by atoms with Gasteiger partial charge in [-0.2, -0.15) is 0 Å². The Balaban J connectivity index is 1.87. The van der Waals surface area contributed by atoms with Crippen LogP contribution in [0, 0.1) is 5.92 Å². The predicted molar refractivity (Wildman–Crippen MR) is 77.7 cm³/mol. The van der Waals surface area contributed by atoms with Gasteiger partial charge in [0.25, 0.3) is 0 Å². The number of rotatable bonds is 3. The molecular weight excluding hydrogens is 284 g/mol. The Kier molecular flexibility index (Phi) is 3.78. The first-order valence-corrected chi connectivity index (χ1v) is 6.81. The third-order valence-electron chi connectivity index (χ3n) is 3.47. The molecule has 2 aromatic heterocycles. The van der Waals surface area contributed by atoms with Crippen LogP contribution < -0.4 is 4.90 Å². The topological polar surface area (TPSA) is 85.3 Å². The molecule has 0 bridgehead atoms. The predicted octanol–water partition coefficient (Wildman–Crippen LogP) is 1.06. The Bertz CT molecular complexity index is 705. The van der Waals surface area contributed by atoms with Gasteiger partial charge in [0.15, 0.2) is 0 Å². The highest BCUT2D eigenvalue weighted by Gasteiger charge is 2.37. The molecule has 7 heteroatoms. The quantitative estimate of drug-likeness (QED) is 0.788. The Morgan fingerprint density at radius 1 is 1.23 bits per heavy atom. The third kappa shape index (κ3) is 2.65. The third-order valence-corrected chi connectivity index (χ3v) is 3.47. The minimum Gasteiger partial charge on any atom is -0.469 e. The van der Waals surface area contributed by atoms with Crippen molar-refractivity contribution in [1.29, 1.82) is 0 Å². The van der Waals surface area contributed by atoms with E-state index in [1.807, 2.05) is 18.2 Å². The summed E-state index contributed by atoms with van der Waals surface area (Å²) in [6.45, 7) is 0.233. The Labute approximate surface area is 127 Å². The van der Waals surface area contributed by atoms with E-state index < -0.39 is 11.9 Å². The molecule has 1 aliphatic heterocycles. The van der Waals surface area contributed by atoms with Crippen LogP contribution in [0.15, 0.2) is 36.7 Å². The van der Waals surface area contributed by atoms with Crippen molar-refractivity contribution in [2.45, 2.75) is 6.42 Å². The summed E-state index contributed by atoms with van der Waals surface area (Å²) >= 11 is 0. The molecule has 3 rings (SSSR count). The Morgan fingerprint density at radius 3 is 2.82 bits per heavy atom. The summed E-state index contributed by atoms with van der Waals surface area (Å²) in [4.78, 5) is 37.8. The second kappa shape index (κ2) is 5.88. The number of ether oxygens (including phenoxy) is 1. The van der Waals surface area contributed by atoms with Gasteiger partial charge >= 0.3 is 5.97 Å². The van der Waals surface area contributed by atoms with Crippen LogP contribution in [-0.2, 0) is 14.3 Å². The van der Waals surface area contributed by atoms with Crippen LogP contribution in [0.1, 0.15) is 6.42 Å². The van der Waals surface area contributed by atoms with Gasteiger partial charge in [-0.1, -0.05) is 6.07 Å². The average molecular weight is 298 g/mol. The maximum Gasteiger partial charge on any atom is 0.311 e. The fourth-order valence-corrected chi connectivity index (χ4v) is 2.36. The molecule has 22 heavy (non-hydrogen) atoms. The summed E-state index contributed by atoms with van der Waals surface area (Å²) in [6.07, 6.45) is 3.36. The number of carbonyl (C=O) groups is 2. The van der Waals surface area contributed by atoms with E-state index in [1.165, 1.54) is 12.0 Å². The van der Waals surface area contributed by atoms with Crippen LogP contribution in [0.4, 0.5) is 5.95 Å². The van der Waals surface area contributed by atoms with E-state index in [4.69, 9.17) is 4.74 Å². The number of amides is 1. The van der Waals surface area contributed by atoms with Crippen molar-refractivity contribution < 1.29 is 14.3 Å². The summed E-state index contributed by atoms with van der Waals surface area (Å²) in [6, 6.07) is 7.23. The molecule has 0 aromatic carbocycles. The zero-order valence-corrected chi connectivity index (χ0v) is 12.0. The molecule has 1 saturated heterocycles. The van der Waals surface area contributed by atoms with E-state index in [9.17, 15) is 9.59 Å². The number of anilines is 1. The number of pyridine rings is 1. The number of hydrogen-bond acceptors (Lipinski definition) is 6. The fourth-order valence-electron chi connectivity index (χ4n) is 2.36. The Morgan fingerprint density at radius 2 is 2.09 bits per heavy atom. The first-order chi connectivity index (χ1) is 10.7. The molecule has 0 aliphatic carbocycles. The van der Waals surface area contributed by atoms with Crippen molar-refractivity contribution >= 4 is 17.8 Å². The molecule has 0 N–H and O–H groups in total. The van der Waals surface area contributed by atoms with Gasteiger partial charge in [-0.25, -0.2) is 9.97 Å². The first-order valence-electron chi connectivity index (χ1n) is 6.81. The van der Waals surface area contributed by atoms with Crippen molar-refractivity contribution in [1.82, 2.24) is 15.0 Å². The first kappa shape index (κ1) is 14.1. The van der Waals surface area contributed by atoms with Crippen molar-refractivity contribution in [3.63, 3.8) is 0 Å². The van der Waals surface area contributed by atoms with Gasteiger partial charge in [0.2, 0.25) is 11.9 Å². The summed E-state index contributed by atoms with van der Waals surface area (Å²) < 4.78 is 4.69. The molecule has 1 amide bonds. The van der Waals surface area contributed by atoms with E-state index in [1.54, 1.807) is 18.5 Å². The lowest BCUT2D eigenvalue weighted by atomic mass is 10.1. The summed E-state index contributed by atoms with van der Waals surface area (Å²) in [5.74, 6) is -0.774. The molecule has 0 saturated carbocycles. The van der Waals surface area contributed by atoms with Crippen LogP contribution in [0.5, 0.6) is 0 Å². The van der Waals surface area contributed by atoms with E-state index in [2.05, 4.69) is 15.0 Å². The molecular formula is C15H14N4O3. The van der Waals surface area contributed by atoms with Gasteiger partial charge in [-0.05, 0) is 18.2 Å². The number of esters is 1. The summed E-state index contributed by atoms with van der Waals surface area (Å²) in [5.41, 5.74) is 1.32. The second-order valence-electron chi connectivity index (χ2n) is 4.89. The van der Waals surface area contributed by atoms with Crippen LogP contribution in [0.3, 0.4) is 0 Å². The Hall–Kier alpha value is -2.83. The number of nitrogens with zero attached hydrogens (tertiary/aromatic N) is 4. The summed E-state index contributed by atoms with van der Waals surface area (Å²) in [5, 5.41) is 0. The fraction of sp³-hybridized carbons (Fsp3) is 0.267. The zero-order valence-electron chi connectivity index (χ0n) is 12.0. The normalized spacial score (nSPS) is 17.6. The van der Waals surface area contributed by atoms with Crippen LogP contribution in [0.2, 0.25) is 0 Å². The molecule has 3 heterocycles. The van der Waals surface area contributed by atoms with Gasteiger partial charge in [-0.3, -0.25) is 19.5 Å². The molecule has 7 nitrogen and oxygen atoms in total. The molecule has 1 unspecified atom stereocenters. The molecule has 0 radical (unpaired) electrons. The monoisotopic (exact) mass is 298 g/mol. The van der Waals surface area contributed by atoms with E-state index in [-0.39, 0.29) is 24.8 Å². The smallest absolute Gasteiger partial charge is 0.311 e. The SMILES string of the molecule is COC(=O)C1CC(=O)N(c2nccc(-c3ccccn3)n2)C1. The highest BCUT2D eigenvalue weighted by molar-refractivity contribution is 5.98. The summed E-state index contributed by atoms with van der Waals surface area (Å²) in [7, 11) is 1.31. The van der Waals surface area contributed by atoms with Crippen LogP contribution in [-0.4, -0.2) is 40.5 Å². The van der Waals surface area contributed by atoms with E-state index >= 15 is 0 Å². The van der Waals surface area contributed by atoms with Crippen LogP contribution >= 0.6 is 0 Å². The van der Waals surface area contributed by atoms with Gasteiger partial charge in [0.05, 0.1) is 24.4 Å². The number of methoxy groups -OCH3 is 1. The number of carbonyl (C=O) groups excluding carboxylic acids is 2. The van der Waals surface area contributed by atoms with Crippen molar-refractivity contribution in [3.05, 3.63) is 36.7 Å². The standard InChI is InChI=1S/C15H14N4O3/c1-22-14(21)10-8-13(20)19(9-10)15-17-7-5-12(18-15)11-4-2-3-6-16-11/h2-7,10H,8-9H2,1H3. The molecule has 1 fully saturated rings. The lowest BCUT2D eigenvalue weighted by Crippen LogP contribution is -2.28. The van der Waals surface area contributed by atoms with Gasteiger partial charge in [-0.15, -0.1) is 0 Å². The largest absolute Gasteiger partial charge is 0.469 e. The second-order valence-corrected chi connectivity index (χ2v) is 4.89. The zero-order chi connectivity index (χ0) is 15.5. The molecule has 1 atom stereocenters. The average Bonchev–Trinajstić information content (AvgIpc) is 2.97. The maximum atomic E-state index is 12.1. The van der Waals surface area contributed by atoms with Gasteiger partial charge in [0, 0.05) is 25.4 Å². The van der Waals surface area contributed by atoms with E-state index in [0.29, 0.717) is 11.4 Å². The minimum atomic E-state index is -0.473. The maximum absolute atomic E-state index is 12.1. The van der Waals surface area contributed by atoms with Crippen LogP contribution in [0.25, 0.3) is 11.4 Å². The van der Waals surface area contributed by atoms with Crippen molar-refractivity contribution in [2.24, 2.45) is 5.92 Å². The molecule has 0 spiro atoms. The van der Waals surface area contributed by atoms with E-state index in [0.717, 1.165) is 0 Å². The lowest BCUT2D eigenvalue weighted by Gasteiger charge is -2.14. The molecule has 112 valence electrons. The van der Waals surface area contributed by atoms with Gasteiger partial charge < -0.3 is 4.74 Å². The number of aromatic nitrogens is 3. The molecule has 1 aliphatic rings. The highest BCUT2D eigenvalue weighted by atomic mass is 16.5.